The number of rotatable bonds is 3. The summed E-state index contributed by atoms with van der Waals surface area (Å²) in [5.74, 6) is -0.685. The molecule has 5 heteroatoms. The fourth-order valence-corrected chi connectivity index (χ4v) is 2.39. The van der Waals surface area contributed by atoms with Crippen molar-refractivity contribution in [1.82, 2.24) is 9.80 Å². The molecule has 0 aliphatic carbocycles. The first-order valence-corrected chi connectivity index (χ1v) is 6.86. The van der Waals surface area contributed by atoms with Crippen molar-refractivity contribution in [3.05, 3.63) is 0 Å². The maximum atomic E-state index is 12.4. The summed E-state index contributed by atoms with van der Waals surface area (Å²) in [6.07, 6.45) is 0.943. The first kappa shape index (κ1) is 15.8. The SMILES string of the molecule is CC(N(C)C(=O)N1CCC(CC(=O)O)C1)C(C)(C)C. The van der Waals surface area contributed by atoms with E-state index in [1.54, 1.807) is 9.80 Å². The number of amides is 2. The predicted octanol–water partition coefficient (Wildman–Crippen LogP) is 2.27. The van der Waals surface area contributed by atoms with Crippen molar-refractivity contribution in [2.45, 2.75) is 46.6 Å². The number of hydrogen-bond acceptors (Lipinski definition) is 2. The van der Waals surface area contributed by atoms with Crippen LogP contribution < -0.4 is 0 Å². The van der Waals surface area contributed by atoms with E-state index >= 15 is 0 Å². The highest BCUT2D eigenvalue weighted by molar-refractivity contribution is 5.75. The van der Waals surface area contributed by atoms with Crippen molar-refractivity contribution in [1.29, 1.82) is 0 Å². The highest BCUT2D eigenvalue weighted by Gasteiger charge is 2.33. The van der Waals surface area contributed by atoms with Gasteiger partial charge >= 0.3 is 12.0 Å². The Morgan fingerprint density at radius 2 is 2.00 bits per heavy atom. The topological polar surface area (TPSA) is 60.9 Å². The number of aliphatic carboxylic acids is 1. The monoisotopic (exact) mass is 270 g/mol. The van der Waals surface area contributed by atoms with E-state index in [-0.39, 0.29) is 29.8 Å². The van der Waals surface area contributed by atoms with Gasteiger partial charge < -0.3 is 14.9 Å². The number of urea groups is 1. The van der Waals surface area contributed by atoms with Gasteiger partial charge in [-0.2, -0.15) is 0 Å². The maximum Gasteiger partial charge on any atom is 0.320 e. The molecule has 110 valence electrons. The van der Waals surface area contributed by atoms with Crippen LogP contribution in [-0.4, -0.2) is 53.1 Å². The van der Waals surface area contributed by atoms with E-state index < -0.39 is 5.97 Å². The molecule has 1 rings (SSSR count). The molecule has 0 aromatic carbocycles. The molecular formula is C14H26N2O3. The lowest BCUT2D eigenvalue weighted by Gasteiger charge is -2.37. The Balaban J connectivity index is 2.58. The molecule has 1 aliphatic heterocycles. The van der Waals surface area contributed by atoms with Crippen molar-refractivity contribution in [3.63, 3.8) is 0 Å². The summed E-state index contributed by atoms with van der Waals surface area (Å²) in [6.45, 7) is 9.60. The van der Waals surface area contributed by atoms with Crippen LogP contribution in [0.2, 0.25) is 0 Å². The summed E-state index contributed by atoms with van der Waals surface area (Å²) in [5.41, 5.74) is 0.0323. The lowest BCUT2D eigenvalue weighted by atomic mass is 9.87. The van der Waals surface area contributed by atoms with Gasteiger partial charge in [0.2, 0.25) is 0 Å². The first-order valence-electron chi connectivity index (χ1n) is 6.86. The van der Waals surface area contributed by atoms with E-state index in [1.807, 2.05) is 14.0 Å². The van der Waals surface area contributed by atoms with E-state index in [9.17, 15) is 9.59 Å². The molecule has 5 nitrogen and oxygen atoms in total. The molecule has 1 saturated heterocycles. The first-order chi connectivity index (χ1) is 8.62. The number of carbonyl (C=O) groups excluding carboxylic acids is 1. The van der Waals surface area contributed by atoms with E-state index in [1.165, 1.54) is 0 Å². The maximum absolute atomic E-state index is 12.4. The number of carboxylic acids is 1. The molecule has 0 spiro atoms. The minimum Gasteiger partial charge on any atom is -0.481 e. The third-order valence-electron chi connectivity index (χ3n) is 4.16. The summed E-state index contributed by atoms with van der Waals surface area (Å²) < 4.78 is 0. The fourth-order valence-electron chi connectivity index (χ4n) is 2.39. The van der Waals surface area contributed by atoms with Crippen LogP contribution in [0.3, 0.4) is 0 Å². The van der Waals surface area contributed by atoms with Crippen LogP contribution in [0, 0.1) is 11.3 Å². The molecule has 0 aromatic heterocycles. The van der Waals surface area contributed by atoms with Gasteiger partial charge in [0, 0.05) is 32.6 Å². The number of carbonyl (C=O) groups is 2. The zero-order chi connectivity index (χ0) is 14.8. The third kappa shape index (κ3) is 4.11. The lowest BCUT2D eigenvalue weighted by molar-refractivity contribution is -0.138. The molecule has 2 unspecified atom stereocenters. The Morgan fingerprint density at radius 1 is 1.42 bits per heavy atom. The second-order valence-corrected chi connectivity index (χ2v) is 6.63. The van der Waals surface area contributed by atoms with E-state index in [4.69, 9.17) is 5.11 Å². The normalized spacial score (nSPS) is 21.3. The molecule has 1 fully saturated rings. The summed E-state index contributed by atoms with van der Waals surface area (Å²) in [6, 6.07) is 0.147. The smallest absolute Gasteiger partial charge is 0.320 e. The zero-order valence-electron chi connectivity index (χ0n) is 12.6. The summed E-state index contributed by atoms with van der Waals surface area (Å²) in [7, 11) is 1.82. The molecular weight excluding hydrogens is 244 g/mol. The van der Waals surface area contributed by atoms with Crippen molar-refractivity contribution in [2.24, 2.45) is 11.3 Å². The molecule has 0 radical (unpaired) electrons. The number of carboxylic acid groups (broad SMARTS) is 1. The summed E-state index contributed by atoms with van der Waals surface area (Å²) in [5, 5.41) is 8.79. The Bertz CT molecular complexity index is 349. The highest BCUT2D eigenvalue weighted by atomic mass is 16.4. The number of nitrogens with zero attached hydrogens (tertiary/aromatic N) is 2. The van der Waals surface area contributed by atoms with E-state index in [0.29, 0.717) is 13.1 Å². The van der Waals surface area contributed by atoms with Crippen LogP contribution in [0.1, 0.15) is 40.5 Å². The van der Waals surface area contributed by atoms with Crippen LogP contribution in [0.15, 0.2) is 0 Å². The van der Waals surface area contributed by atoms with Crippen LogP contribution in [0.4, 0.5) is 4.79 Å². The lowest BCUT2D eigenvalue weighted by Crippen LogP contribution is -2.48. The molecule has 2 amide bonds. The summed E-state index contributed by atoms with van der Waals surface area (Å²) >= 11 is 0. The molecule has 0 saturated carbocycles. The van der Waals surface area contributed by atoms with Crippen molar-refractivity contribution < 1.29 is 14.7 Å². The Kier molecular flexibility index (Phi) is 4.82. The summed E-state index contributed by atoms with van der Waals surface area (Å²) in [4.78, 5) is 26.6. The Morgan fingerprint density at radius 3 is 2.47 bits per heavy atom. The highest BCUT2D eigenvalue weighted by Crippen LogP contribution is 2.26. The van der Waals surface area contributed by atoms with Crippen LogP contribution in [0.5, 0.6) is 0 Å². The van der Waals surface area contributed by atoms with E-state index in [0.717, 1.165) is 6.42 Å². The van der Waals surface area contributed by atoms with Gasteiger partial charge in [-0.15, -0.1) is 0 Å². The predicted molar refractivity (Wildman–Crippen MR) is 74.0 cm³/mol. The average molecular weight is 270 g/mol. The standard InChI is InChI=1S/C14H26N2O3/c1-10(14(2,3)4)15(5)13(19)16-7-6-11(9-16)8-12(17)18/h10-11H,6-9H2,1-5H3,(H,17,18). The van der Waals surface area contributed by atoms with Gasteiger partial charge in [0.05, 0.1) is 0 Å². The van der Waals surface area contributed by atoms with Gasteiger partial charge in [-0.3, -0.25) is 4.79 Å². The van der Waals surface area contributed by atoms with E-state index in [2.05, 4.69) is 20.8 Å². The largest absolute Gasteiger partial charge is 0.481 e. The van der Waals surface area contributed by atoms with Gasteiger partial charge in [0.1, 0.15) is 0 Å². The van der Waals surface area contributed by atoms with Gasteiger partial charge in [0.25, 0.3) is 0 Å². The minimum atomic E-state index is -0.782. The quantitative estimate of drug-likeness (QED) is 0.855. The molecule has 0 aromatic rings. The van der Waals surface area contributed by atoms with Gasteiger partial charge in [0.15, 0.2) is 0 Å². The van der Waals surface area contributed by atoms with Crippen LogP contribution in [0.25, 0.3) is 0 Å². The van der Waals surface area contributed by atoms with Gasteiger partial charge in [-0.05, 0) is 24.7 Å². The molecule has 19 heavy (non-hydrogen) atoms. The molecule has 1 heterocycles. The molecule has 1 aliphatic rings. The third-order valence-corrected chi connectivity index (χ3v) is 4.16. The molecule has 0 bridgehead atoms. The van der Waals surface area contributed by atoms with Crippen LogP contribution >= 0.6 is 0 Å². The van der Waals surface area contributed by atoms with Crippen LogP contribution in [-0.2, 0) is 4.79 Å². The van der Waals surface area contributed by atoms with Crippen molar-refractivity contribution >= 4 is 12.0 Å². The van der Waals surface area contributed by atoms with Crippen molar-refractivity contribution in [2.75, 3.05) is 20.1 Å². The van der Waals surface area contributed by atoms with Gasteiger partial charge in [-0.25, -0.2) is 4.79 Å². The number of hydrogen-bond donors (Lipinski definition) is 1. The van der Waals surface area contributed by atoms with Gasteiger partial charge in [-0.1, -0.05) is 20.8 Å². The number of likely N-dealkylation sites (tertiary alicyclic amines) is 1. The second kappa shape index (κ2) is 5.80. The zero-order valence-corrected chi connectivity index (χ0v) is 12.6. The van der Waals surface area contributed by atoms with Crippen molar-refractivity contribution in [3.8, 4) is 0 Å². The fraction of sp³-hybridized carbons (Fsp3) is 0.857. The average Bonchev–Trinajstić information content (AvgIpc) is 2.72. The molecule has 2 atom stereocenters. The molecule has 1 N–H and O–H groups in total. The Hall–Kier alpha value is -1.26. The minimum absolute atomic E-state index is 0.00955. The Labute approximate surface area is 115 Å². The second-order valence-electron chi connectivity index (χ2n) is 6.63.